The number of fused-ring (bicyclic) bond motifs is 1. The van der Waals surface area contributed by atoms with Gasteiger partial charge >= 0.3 is 0 Å². The number of amides is 4. The van der Waals surface area contributed by atoms with Crippen LogP contribution < -0.4 is 30.2 Å². The highest BCUT2D eigenvalue weighted by Gasteiger charge is 2.27. The molecule has 0 fully saturated rings. The number of aliphatic hydroxyl groups is 1. The van der Waals surface area contributed by atoms with Gasteiger partial charge in [-0.3, -0.25) is 19.2 Å². The van der Waals surface area contributed by atoms with Crippen LogP contribution in [0.1, 0.15) is 42.1 Å². The van der Waals surface area contributed by atoms with Crippen molar-refractivity contribution in [1.82, 2.24) is 20.9 Å². The third-order valence-corrected chi connectivity index (χ3v) is 6.76. The first kappa shape index (κ1) is 32.2. The van der Waals surface area contributed by atoms with Crippen LogP contribution in [0.25, 0.3) is 0 Å². The second-order valence-electron chi connectivity index (χ2n) is 9.78. The maximum atomic E-state index is 13.2. The summed E-state index contributed by atoms with van der Waals surface area (Å²) in [5.74, 6) is -0.391. The Morgan fingerprint density at radius 1 is 1.14 bits per heavy atom. The van der Waals surface area contributed by atoms with E-state index >= 15 is 0 Å². The first-order chi connectivity index (χ1) is 20.3. The third-order valence-electron chi connectivity index (χ3n) is 6.76. The molecule has 3 rings (SSSR count). The third kappa shape index (κ3) is 9.10. The van der Waals surface area contributed by atoms with E-state index in [1.165, 1.54) is 11.9 Å². The molecule has 228 valence electrons. The topological polar surface area (TPSA) is 156 Å². The first-order valence-corrected chi connectivity index (χ1v) is 14.0. The fourth-order valence-corrected chi connectivity index (χ4v) is 4.45. The number of rotatable bonds is 9. The Morgan fingerprint density at radius 2 is 1.93 bits per heavy atom. The normalized spacial score (nSPS) is 18.4. The minimum absolute atomic E-state index is 0.0231. The second kappa shape index (κ2) is 16.2. The molecule has 12 heteroatoms. The van der Waals surface area contributed by atoms with E-state index in [9.17, 15) is 24.3 Å². The number of carbonyl (C=O) groups excluding carboxylic acids is 4. The first-order valence-electron chi connectivity index (χ1n) is 14.0. The standard InChI is InChI=1S/C30H40N4O8/c1-4-41-25-13-11-20(18-26(25)40-3)8-7-15-31-29(38)22-12-14-27(36)32-23(19-35)30(39)34(2)16-17-42-24-10-6-5-9-21(24)28(37)33-22/h5-6,9-11,13,18,22-23,35H,4,7-8,12,14-17,19H2,1-3H3,(H,31,38)(H,32,36)(H,33,37)/t22-,23-/m0/s1. The molecule has 0 unspecified atom stereocenters. The summed E-state index contributed by atoms with van der Waals surface area (Å²) in [5.41, 5.74) is 1.24. The lowest BCUT2D eigenvalue weighted by Gasteiger charge is -2.23. The summed E-state index contributed by atoms with van der Waals surface area (Å²) in [6.07, 6.45) is 1.10. The van der Waals surface area contributed by atoms with Crippen LogP contribution in [-0.2, 0) is 20.8 Å². The molecular weight excluding hydrogens is 544 g/mol. The lowest BCUT2D eigenvalue weighted by atomic mass is 10.1. The number of aryl methyl sites for hydroxylation is 1. The Morgan fingerprint density at radius 3 is 2.67 bits per heavy atom. The number of nitrogens with zero attached hydrogens (tertiary/aromatic N) is 1. The van der Waals surface area contributed by atoms with E-state index in [1.54, 1.807) is 31.4 Å². The van der Waals surface area contributed by atoms with Gasteiger partial charge in [0, 0.05) is 20.0 Å². The molecule has 2 aromatic rings. The van der Waals surface area contributed by atoms with Crippen LogP contribution in [0, 0.1) is 0 Å². The number of ether oxygens (including phenoxy) is 3. The van der Waals surface area contributed by atoms with Gasteiger partial charge < -0.3 is 40.2 Å². The van der Waals surface area contributed by atoms with E-state index in [0.717, 1.165) is 5.56 Å². The van der Waals surface area contributed by atoms with Crippen molar-refractivity contribution < 1.29 is 38.5 Å². The zero-order valence-electron chi connectivity index (χ0n) is 24.3. The quantitative estimate of drug-likeness (QED) is 0.319. The molecular formula is C30H40N4O8. The molecule has 0 aromatic heterocycles. The van der Waals surface area contributed by atoms with Gasteiger partial charge in [-0.2, -0.15) is 0 Å². The van der Waals surface area contributed by atoms with Gasteiger partial charge in [0.15, 0.2) is 11.5 Å². The predicted molar refractivity (Wildman–Crippen MR) is 155 cm³/mol. The van der Waals surface area contributed by atoms with Gasteiger partial charge in [-0.25, -0.2) is 0 Å². The molecule has 12 nitrogen and oxygen atoms in total. The molecule has 0 radical (unpaired) electrons. The van der Waals surface area contributed by atoms with Gasteiger partial charge in [0.2, 0.25) is 17.7 Å². The predicted octanol–water partition coefficient (Wildman–Crippen LogP) is 1.05. The van der Waals surface area contributed by atoms with Crippen molar-refractivity contribution in [2.45, 2.75) is 44.7 Å². The molecule has 42 heavy (non-hydrogen) atoms. The summed E-state index contributed by atoms with van der Waals surface area (Å²) < 4.78 is 16.7. The Hall–Kier alpha value is -4.32. The lowest BCUT2D eigenvalue weighted by Crippen LogP contribution is -2.51. The highest BCUT2D eigenvalue weighted by atomic mass is 16.5. The maximum absolute atomic E-state index is 13.2. The van der Waals surface area contributed by atoms with Crippen molar-refractivity contribution in [1.29, 1.82) is 0 Å². The summed E-state index contributed by atoms with van der Waals surface area (Å²) in [4.78, 5) is 53.1. The molecule has 0 spiro atoms. The molecule has 1 aliphatic heterocycles. The lowest BCUT2D eigenvalue weighted by molar-refractivity contribution is -0.137. The number of hydrogen-bond donors (Lipinski definition) is 4. The Bertz CT molecular complexity index is 1240. The van der Waals surface area contributed by atoms with E-state index in [-0.39, 0.29) is 31.6 Å². The molecule has 0 bridgehead atoms. The minimum atomic E-state index is -1.14. The molecule has 2 aromatic carbocycles. The summed E-state index contributed by atoms with van der Waals surface area (Å²) >= 11 is 0. The van der Waals surface area contributed by atoms with Gasteiger partial charge in [-0.15, -0.1) is 0 Å². The number of nitrogens with one attached hydrogen (secondary N) is 3. The summed E-state index contributed by atoms with van der Waals surface area (Å²) in [5, 5.41) is 17.8. The minimum Gasteiger partial charge on any atom is -0.493 e. The number of benzene rings is 2. The van der Waals surface area contributed by atoms with Crippen molar-refractivity contribution in [2.75, 3.05) is 47.1 Å². The van der Waals surface area contributed by atoms with Crippen LogP contribution in [0.4, 0.5) is 0 Å². The zero-order chi connectivity index (χ0) is 30.5. The Kier molecular flexibility index (Phi) is 12.4. The van der Waals surface area contributed by atoms with Gasteiger partial charge in [0.1, 0.15) is 24.4 Å². The van der Waals surface area contributed by atoms with Crippen molar-refractivity contribution in [2.24, 2.45) is 0 Å². The van der Waals surface area contributed by atoms with Gasteiger partial charge in [0.25, 0.3) is 5.91 Å². The fourth-order valence-electron chi connectivity index (χ4n) is 4.45. The monoisotopic (exact) mass is 584 g/mol. The number of hydrogen-bond acceptors (Lipinski definition) is 8. The van der Waals surface area contributed by atoms with E-state index in [1.807, 2.05) is 25.1 Å². The fraction of sp³-hybridized carbons (Fsp3) is 0.467. The van der Waals surface area contributed by atoms with Crippen molar-refractivity contribution in [3.05, 3.63) is 53.6 Å². The molecule has 0 saturated heterocycles. The van der Waals surface area contributed by atoms with Crippen LogP contribution >= 0.6 is 0 Å². The van der Waals surface area contributed by atoms with Gasteiger partial charge in [-0.1, -0.05) is 18.2 Å². The summed E-state index contributed by atoms with van der Waals surface area (Å²) in [7, 11) is 3.11. The number of methoxy groups -OCH3 is 1. The van der Waals surface area contributed by atoms with E-state index in [0.29, 0.717) is 43.2 Å². The zero-order valence-corrected chi connectivity index (χ0v) is 24.3. The molecule has 1 heterocycles. The highest BCUT2D eigenvalue weighted by Crippen LogP contribution is 2.28. The van der Waals surface area contributed by atoms with E-state index in [2.05, 4.69) is 16.0 Å². The largest absolute Gasteiger partial charge is 0.493 e. The summed E-state index contributed by atoms with van der Waals surface area (Å²) in [6.45, 7) is 2.41. The van der Waals surface area contributed by atoms with Crippen molar-refractivity contribution in [3.8, 4) is 17.2 Å². The Labute approximate surface area is 245 Å². The number of para-hydroxylation sites is 1. The highest BCUT2D eigenvalue weighted by molar-refractivity contribution is 5.99. The average molecular weight is 585 g/mol. The molecule has 2 atom stereocenters. The van der Waals surface area contributed by atoms with Gasteiger partial charge in [0.05, 0.1) is 32.4 Å². The van der Waals surface area contributed by atoms with Crippen molar-refractivity contribution >= 4 is 23.6 Å². The molecule has 0 aliphatic carbocycles. The van der Waals surface area contributed by atoms with Crippen LogP contribution in [0.5, 0.6) is 17.2 Å². The average Bonchev–Trinajstić information content (AvgIpc) is 3.00. The summed E-state index contributed by atoms with van der Waals surface area (Å²) in [6, 6.07) is 10.1. The van der Waals surface area contributed by atoms with Crippen LogP contribution in [0.15, 0.2) is 42.5 Å². The van der Waals surface area contributed by atoms with E-state index < -0.39 is 42.3 Å². The maximum Gasteiger partial charge on any atom is 0.255 e. The van der Waals surface area contributed by atoms with Crippen molar-refractivity contribution in [3.63, 3.8) is 0 Å². The number of carbonyl (C=O) groups is 4. The second-order valence-corrected chi connectivity index (χ2v) is 9.78. The number of aliphatic hydroxyl groups excluding tert-OH is 1. The SMILES string of the molecule is CCOc1ccc(CCCNC(=O)[C@@H]2CCC(=O)N[C@@H](CO)C(=O)N(C)CCOc3ccccc3C(=O)N2)cc1OC. The molecule has 4 amide bonds. The van der Waals surface area contributed by atoms with E-state index in [4.69, 9.17) is 14.2 Å². The van der Waals surface area contributed by atoms with Crippen LogP contribution in [0.3, 0.4) is 0 Å². The smallest absolute Gasteiger partial charge is 0.255 e. The molecule has 1 aliphatic rings. The molecule has 0 saturated carbocycles. The van der Waals surface area contributed by atoms with Crippen LogP contribution in [0.2, 0.25) is 0 Å². The van der Waals surface area contributed by atoms with Crippen LogP contribution in [-0.4, -0.2) is 92.8 Å². The van der Waals surface area contributed by atoms with Gasteiger partial charge in [-0.05, 0) is 56.0 Å². The number of likely N-dealkylation sites (N-methyl/N-ethyl adjacent to an activating group) is 1. The molecule has 4 N–H and O–H groups in total. The Balaban J connectivity index is 1.69.